The molecule has 1 N–H and O–H groups in total. The third-order valence-corrected chi connectivity index (χ3v) is 6.96. The van der Waals surface area contributed by atoms with Gasteiger partial charge in [0.2, 0.25) is 16.8 Å². The van der Waals surface area contributed by atoms with Gasteiger partial charge in [0.05, 0.1) is 0 Å². The van der Waals surface area contributed by atoms with Gasteiger partial charge in [-0.2, -0.15) is 13.2 Å². The molecule has 8 heteroatoms. The van der Waals surface area contributed by atoms with Crippen molar-refractivity contribution in [3.63, 3.8) is 0 Å². The molecule has 0 atom stereocenters. The van der Waals surface area contributed by atoms with Crippen LogP contribution in [-0.4, -0.2) is 26.9 Å². The van der Waals surface area contributed by atoms with Crippen molar-refractivity contribution in [1.29, 1.82) is 0 Å². The highest BCUT2D eigenvalue weighted by Crippen LogP contribution is 2.07. The summed E-state index contributed by atoms with van der Waals surface area (Å²) in [5, 5.41) is 0. The first-order valence-corrected chi connectivity index (χ1v) is 8.54. The Morgan fingerprint density at radius 1 is 1.17 bits per heavy atom. The Morgan fingerprint density at radius 2 is 1.25 bits per heavy atom. The molecule has 0 heterocycles. The molecule has 12 heavy (non-hydrogen) atoms. The summed E-state index contributed by atoms with van der Waals surface area (Å²) >= 11 is 0. The second kappa shape index (κ2) is 4.82. The molecule has 0 spiro atoms. The van der Waals surface area contributed by atoms with E-state index in [4.69, 9.17) is 4.55 Å². The Morgan fingerprint density at radius 3 is 1.25 bits per heavy atom. The zero-order valence-corrected chi connectivity index (χ0v) is 8.70. The fraction of sp³-hybridized carbons (Fsp3) is 1.00. The molecular weight excluding hydrogens is 213 g/mol. The summed E-state index contributed by atoms with van der Waals surface area (Å²) in [7, 11) is -6.03. The Kier molecular flexibility index (Phi) is 5.81. The van der Waals surface area contributed by atoms with E-state index < -0.39 is 23.5 Å². The minimum atomic E-state index is -3.70. The number of hydrogen-bond acceptors (Lipinski definition) is 2. The fourth-order valence-corrected chi connectivity index (χ4v) is 0. The predicted molar refractivity (Wildman–Crippen MR) is 42.0 cm³/mol. The molecule has 3 nitrogen and oxygen atoms in total. The van der Waals surface area contributed by atoms with Crippen molar-refractivity contribution >= 4 is 16.8 Å². The van der Waals surface area contributed by atoms with Crippen LogP contribution in [0.3, 0.4) is 0 Å². The van der Waals surface area contributed by atoms with Crippen LogP contribution in [0.25, 0.3) is 0 Å². The third kappa shape index (κ3) is 9.92. The van der Waals surface area contributed by atoms with Crippen LogP contribution in [-0.2, 0) is 9.57 Å². The maximum absolute atomic E-state index is 10.3. The van der Waals surface area contributed by atoms with Crippen molar-refractivity contribution in [2.24, 2.45) is 0 Å². The van der Waals surface area contributed by atoms with Crippen molar-refractivity contribution in [3.8, 4) is 0 Å². The van der Waals surface area contributed by atoms with Gasteiger partial charge in [0.25, 0.3) is 0 Å². The van der Waals surface area contributed by atoms with Gasteiger partial charge in [0.15, 0.2) is 0 Å². The van der Waals surface area contributed by atoms with E-state index in [0.717, 1.165) is 0 Å². The van der Waals surface area contributed by atoms with Gasteiger partial charge in [-0.3, -0.25) is 4.55 Å². The number of alkyl halides is 3. The lowest BCUT2D eigenvalue weighted by Gasteiger charge is -2.08. The highest BCUT2D eigenvalue weighted by Gasteiger charge is 2.29. The minimum absolute atomic E-state index is 1.57. The minimum Gasteiger partial charge on any atom is -0.291 e. The molecule has 0 radical (unpaired) electrons. The number of hydrogen-bond donors (Lipinski definition) is 1. The number of halogens is 3. The summed E-state index contributed by atoms with van der Waals surface area (Å²) in [5.41, 5.74) is 0. The lowest BCUT2D eigenvalue weighted by Crippen LogP contribution is -2.32. The Labute approximate surface area is 70.0 Å². The third-order valence-electron chi connectivity index (χ3n) is 0.774. The van der Waals surface area contributed by atoms with Gasteiger partial charge in [0, 0.05) is 0 Å². The molecular formula is C4H11F3O3SSi. The summed E-state index contributed by atoms with van der Waals surface area (Å²) < 4.78 is 57.9. The molecule has 0 aromatic carbocycles. The molecule has 0 saturated carbocycles. The van der Waals surface area contributed by atoms with E-state index in [1.165, 1.54) is 0 Å². The first-order chi connectivity index (χ1) is 4.98. The summed E-state index contributed by atoms with van der Waals surface area (Å²) in [6.45, 7) is 1.05. The highest BCUT2D eigenvalue weighted by molar-refractivity contribution is 8.17. The van der Waals surface area contributed by atoms with Crippen molar-refractivity contribution in [2.45, 2.75) is 26.3 Å². The number of rotatable bonds is 1. The lowest BCUT2D eigenvalue weighted by atomic mass is 11.6. The smallest absolute Gasteiger partial charge is 0.291 e. The van der Waals surface area contributed by atoms with Crippen LogP contribution in [0.4, 0.5) is 13.2 Å². The maximum atomic E-state index is 10.3. The molecule has 0 saturated heterocycles. The van der Waals surface area contributed by atoms with E-state index in [9.17, 15) is 21.6 Å². The SMILES string of the molecule is C[Si](C)(C)S(=O)(=O)O.FC(F)F. The van der Waals surface area contributed by atoms with Crippen molar-refractivity contribution in [1.82, 2.24) is 0 Å². The zero-order chi connectivity index (χ0) is 10.6. The zero-order valence-electron chi connectivity index (χ0n) is 6.88. The second-order valence-electron chi connectivity index (χ2n) is 2.83. The standard InChI is InChI=1S/C3H10O3SSi.CHF3/c1-8(2,3)7(4,5)6;2-1(3)4/h1-3H3,(H,4,5,6);1H. The lowest BCUT2D eigenvalue weighted by molar-refractivity contribution is 0.00819. The highest BCUT2D eigenvalue weighted by atomic mass is 32.4. The van der Waals surface area contributed by atoms with Crippen LogP contribution in [0.2, 0.25) is 19.6 Å². The van der Waals surface area contributed by atoms with Crippen LogP contribution in [0.5, 0.6) is 0 Å². The van der Waals surface area contributed by atoms with Crippen molar-refractivity contribution < 1.29 is 26.1 Å². The molecule has 0 aliphatic rings. The van der Waals surface area contributed by atoms with Crippen LogP contribution in [0, 0.1) is 0 Å². The first-order valence-electron chi connectivity index (χ1n) is 2.87. The van der Waals surface area contributed by atoms with E-state index in [1.807, 2.05) is 0 Å². The molecule has 0 amide bonds. The van der Waals surface area contributed by atoms with Gasteiger partial charge in [-0.1, -0.05) is 19.6 Å². The monoisotopic (exact) mass is 224 g/mol. The molecule has 0 aromatic heterocycles. The van der Waals surface area contributed by atoms with Crippen LogP contribution < -0.4 is 0 Å². The predicted octanol–water partition coefficient (Wildman–Crippen LogP) is 1.89. The van der Waals surface area contributed by atoms with Gasteiger partial charge >= 0.3 is 6.68 Å². The van der Waals surface area contributed by atoms with Gasteiger partial charge in [0.1, 0.15) is 0 Å². The Bertz CT molecular complexity index is 205. The van der Waals surface area contributed by atoms with Gasteiger partial charge in [-0.15, -0.1) is 0 Å². The first kappa shape index (κ1) is 14.4. The van der Waals surface area contributed by atoms with Gasteiger partial charge in [-0.05, 0) is 0 Å². The quantitative estimate of drug-likeness (QED) is 0.546. The topological polar surface area (TPSA) is 54.4 Å². The van der Waals surface area contributed by atoms with E-state index in [1.54, 1.807) is 19.6 Å². The molecule has 0 rings (SSSR count). The largest absolute Gasteiger partial charge is 0.379 e. The average Bonchev–Trinajstić information content (AvgIpc) is 1.55. The molecule has 0 aromatic rings. The molecule has 0 aliphatic heterocycles. The summed E-state index contributed by atoms with van der Waals surface area (Å²) in [5.74, 6) is 0. The second-order valence-corrected chi connectivity index (χ2v) is 13.2. The average molecular weight is 224 g/mol. The van der Waals surface area contributed by atoms with Gasteiger partial charge < -0.3 is 0 Å². The molecule has 0 bridgehead atoms. The van der Waals surface area contributed by atoms with E-state index in [-0.39, 0.29) is 0 Å². The molecule has 0 aliphatic carbocycles. The van der Waals surface area contributed by atoms with E-state index in [0.29, 0.717) is 0 Å². The normalized spacial score (nSPS) is 12.3. The van der Waals surface area contributed by atoms with E-state index >= 15 is 0 Å². The Balaban J connectivity index is 0. The summed E-state index contributed by atoms with van der Waals surface area (Å²) in [4.78, 5) is 0. The maximum Gasteiger partial charge on any atom is 0.379 e. The fourth-order valence-electron chi connectivity index (χ4n) is 0. The van der Waals surface area contributed by atoms with Gasteiger partial charge in [-0.25, -0.2) is 8.42 Å². The van der Waals surface area contributed by atoms with E-state index in [2.05, 4.69) is 0 Å². The summed E-state index contributed by atoms with van der Waals surface area (Å²) in [6.07, 6.45) is 0. The van der Waals surface area contributed by atoms with Crippen molar-refractivity contribution in [3.05, 3.63) is 0 Å². The summed E-state index contributed by atoms with van der Waals surface area (Å²) in [6, 6.07) is 0. The van der Waals surface area contributed by atoms with Crippen molar-refractivity contribution in [2.75, 3.05) is 0 Å². The van der Waals surface area contributed by atoms with Crippen LogP contribution >= 0.6 is 0 Å². The molecule has 0 unspecified atom stereocenters. The molecule has 0 fully saturated rings. The van der Waals surface area contributed by atoms with Crippen LogP contribution in [0.1, 0.15) is 0 Å². The molecule has 76 valence electrons. The van der Waals surface area contributed by atoms with Crippen LogP contribution in [0.15, 0.2) is 0 Å². The Hall–Kier alpha value is -0.0831.